The smallest absolute Gasteiger partial charge is 0.240 e. The van der Waals surface area contributed by atoms with E-state index in [2.05, 4.69) is 40.8 Å². The van der Waals surface area contributed by atoms with Crippen LogP contribution in [0.25, 0.3) is 11.1 Å². The third-order valence-corrected chi connectivity index (χ3v) is 7.63. The van der Waals surface area contributed by atoms with Crippen molar-refractivity contribution < 1.29 is 12.8 Å². The van der Waals surface area contributed by atoms with Crippen LogP contribution in [0.15, 0.2) is 77.7 Å². The molecule has 6 heteroatoms. The minimum atomic E-state index is -3.64. The molecule has 0 spiro atoms. The molecule has 1 saturated heterocycles. The van der Waals surface area contributed by atoms with E-state index in [0.29, 0.717) is 11.6 Å². The maximum atomic E-state index is 13.0. The molecule has 0 bridgehead atoms. The van der Waals surface area contributed by atoms with Gasteiger partial charge in [-0.25, -0.2) is 17.5 Å². The number of benzene rings is 3. The predicted molar refractivity (Wildman–Crippen MR) is 126 cm³/mol. The summed E-state index contributed by atoms with van der Waals surface area (Å²) in [6.07, 6.45) is 3.64. The van der Waals surface area contributed by atoms with Crippen LogP contribution in [0.1, 0.15) is 30.9 Å². The molecule has 4 rings (SSSR count). The summed E-state index contributed by atoms with van der Waals surface area (Å²) in [5.74, 6) is -0.346. The van der Waals surface area contributed by atoms with Gasteiger partial charge in [0.2, 0.25) is 10.0 Å². The van der Waals surface area contributed by atoms with Crippen molar-refractivity contribution in [2.45, 2.75) is 43.7 Å². The zero-order valence-corrected chi connectivity index (χ0v) is 19.1. The molecule has 0 saturated carbocycles. The zero-order chi connectivity index (χ0) is 22.6. The number of nitrogens with one attached hydrogen (secondary N) is 1. The molecular formula is C26H29FN2O2S. The first-order valence-electron chi connectivity index (χ1n) is 11.1. The lowest BCUT2D eigenvalue weighted by Gasteiger charge is -2.20. The van der Waals surface area contributed by atoms with Crippen LogP contribution in [0.4, 0.5) is 4.39 Å². The summed E-state index contributed by atoms with van der Waals surface area (Å²) < 4.78 is 40.7. The third-order valence-electron chi connectivity index (χ3n) is 6.21. The maximum absolute atomic E-state index is 13.0. The van der Waals surface area contributed by atoms with Gasteiger partial charge >= 0.3 is 0 Å². The number of nitrogens with zero attached hydrogens (tertiary/aromatic N) is 1. The molecule has 0 unspecified atom stereocenters. The highest BCUT2D eigenvalue weighted by atomic mass is 32.2. The van der Waals surface area contributed by atoms with Crippen molar-refractivity contribution in [3.8, 4) is 11.1 Å². The van der Waals surface area contributed by atoms with Crippen LogP contribution in [0.2, 0.25) is 0 Å². The quantitative estimate of drug-likeness (QED) is 0.523. The molecule has 0 aromatic heterocycles. The fraction of sp³-hybridized carbons (Fsp3) is 0.308. The molecule has 1 aliphatic rings. The van der Waals surface area contributed by atoms with Crippen LogP contribution in [-0.2, 0) is 23.0 Å². The van der Waals surface area contributed by atoms with Gasteiger partial charge in [-0.2, -0.15) is 0 Å². The molecule has 0 amide bonds. The van der Waals surface area contributed by atoms with Crippen molar-refractivity contribution in [3.63, 3.8) is 0 Å². The molecule has 1 heterocycles. The van der Waals surface area contributed by atoms with E-state index in [0.717, 1.165) is 24.1 Å². The Bertz CT molecular complexity index is 1130. The van der Waals surface area contributed by atoms with Gasteiger partial charge in [0.25, 0.3) is 0 Å². The molecular weight excluding hydrogens is 423 g/mol. The average Bonchev–Trinajstić information content (AvgIpc) is 3.22. The van der Waals surface area contributed by atoms with E-state index in [1.165, 1.54) is 37.1 Å². The number of likely N-dealkylation sites (tertiary alicyclic amines) is 1. The minimum Gasteiger partial charge on any atom is -0.300 e. The van der Waals surface area contributed by atoms with Gasteiger partial charge in [-0.1, -0.05) is 48.5 Å². The number of halogens is 1. The van der Waals surface area contributed by atoms with E-state index in [9.17, 15) is 12.8 Å². The predicted octanol–water partition coefficient (Wildman–Crippen LogP) is 5.00. The average molecular weight is 453 g/mol. The van der Waals surface area contributed by atoms with Crippen molar-refractivity contribution in [2.24, 2.45) is 0 Å². The topological polar surface area (TPSA) is 49.4 Å². The highest BCUT2D eigenvalue weighted by Crippen LogP contribution is 2.23. The Labute approximate surface area is 190 Å². The lowest BCUT2D eigenvalue weighted by molar-refractivity contribution is 0.272. The second kappa shape index (κ2) is 9.94. The van der Waals surface area contributed by atoms with E-state index >= 15 is 0 Å². The lowest BCUT2D eigenvalue weighted by Crippen LogP contribution is -2.28. The van der Waals surface area contributed by atoms with Crippen molar-refractivity contribution >= 4 is 10.0 Å². The molecule has 32 heavy (non-hydrogen) atoms. The highest BCUT2D eigenvalue weighted by molar-refractivity contribution is 7.89. The molecule has 0 radical (unpaired) electrons. The Morgan fingerprint density at radius 2 is 1.50 bits per heavy atom. The summed E-state index contributed by atoms with van der Waals surface area (Å²) in [5, 5.41) is 0. The maximum Gasteiger partial charge on any atom is 0.240 e. The zero-order valence-electron chi connectivity index (χ0n) is 18.3. The fourth-order valence-corrected chi connectivity index (χ4v) is 5.17. The normalized spacial score (nSPS) is 17.0. The summed E-state index contributed by atoms with van der Waals surface area (Å²) in [5.41, 5.74) is 4.05. The largest absolute Gasteiger partial charge is 0.300 e. The monoisotopic (exact) mass is 452 g/mol. The number of hydrogen-bond acceptors (Lipinski definition) is 3. The number of hydrogen-bond donors (Lipinski definition) is 1. The summed E-state index contributed by atoms with van der Waals surface area (Å²) in [4.78, 5) is 2.76. The molecule has 0 aliphatic carbocycles. The van der Waals surface area contributed by atoms with Gasteiger partial charge in [-0.15, -0.1) is 0 Å². The Balaban J connectivity index is 1.36. The Hall–Kier alpha value is -2.54. The van der Waals surface area contributed by atoms with Gasteiger partial charge in [0, 0.05) is 19.1 Å². The first-order chi connectivity index (χ1) is 15.4. The van der Waals surface area contributed by atoms with Crippen molar-refractivity contribution in [1.29, 1.82) is 0 Å². The molecule has 4 nitrogen and oxygen atoms in total. The van der Waals surface area contributed by atoms with Gasteiger partial charge < -0.3 is 4.90 Å². The van der Waals surface area contributed by atoms with Crippen molar-refractivity contribution in [3.05, 3.63) is 89.7 Å². The molecule has 3 aromatic carbocycles. The van der Waals surface area contributed by atoms with Gasteiger partial charge in [0.05, 0.1) is 4.90 Å². The first kappa shape index (κ1) is 22.6. The molecule has 3 aromatic rings. The summed E-state index contributed by atoms with van der Waals surface area (Å²) in [7, 11) is -3.64. The first-order valence-corrected chi connectivity index (χ1v) is 12.6. The third kappa shape index (κ3) is 5.63. The summed E-state index contributed by atoms with van der Waals surface area (Å²) in [6, 6.07) is 21.8. The standard InChI is InChI=1S/C26H29FN2O2S/c1-20-3-2-17-29(20)18-16-21-4-8-23(9-5-21)24-10-14-26(15-11-24)32(30,31)28-19-22-6-12-25(27)13-7-22/h4-15,20,28H,2-3,16-19H2,1H3/t20-/m1/s1. The van der Waals surface area contributed by atoms with Crippen LogP contribution in [-0.4, -0.2) is 32.4 Å². The van der Waals surface area contributed by atoms with Gasteiger partial charge in [0.1, 0.15) is 5.82 Å². The van der Waals surface area contributed by atoms with Crippen molar-refractivity contribution in [1.82, 2.24) is 9.62 Å². The molecule has 1 aliphatic heterocycles. The van der Waals surface area contributed by atoms with Crippen LogP contribution < -0.4 is 4.72 Å². The minimum absolute atomic E-state index is 0.113. The van der Waals surface area contributed by atoms with Crippen LogP contribution in [0, 0.1) is 5.82 Å². The fourth-order valence-electron chi connectivity index (χ4n) is 4.15. The lowest BCUT2D eigenvalue weighted by atomic mass is 10.0. The van der Waals surface area contributed by atoms with Crippen molar-refractivity contribution in [2.75, 3.05) is 13.1 Å². The Kier molecular flexibility index (Phi) is 7.04. The number of rotatable bonds is 8. The van der Waals surface area contributed by atoms with Crippen LogP contribution in [0.3, 0.4) is 0 Å². The number of sulfonamides is 1. The van der Waals surface area contributed by atoms with Gasteiger partial charge in [-0.3, -0.25) is 0 Å². The van der Waals surface area contributed by atoms with E-state index in [-0.39, 0.29) is 17.3 Å². The summed E-state index contributed by atoms with van der Waals surface area (Å²) >= 11 is 0. The van der Waals surface area contributed by atoms with E-state index in [4.69, 9.17) is 0 Å². The van der Waals surface area contributed by atoms with E-state index < -0.39 is 10.0 Å². The second-order valence-corrected chi connectivity index (χ2v) is 10.2. The molecule has 168 valence electrons. The van der Waals surface area contributed by atoms with Gasteiger partial charge in [0.15, 0.2) is 0 Å². The highest BCUT2D eigenvalue weighted by Gasteiger charge is 2.19. The van der Waals surface area contributed by atoms with Gasteiger partial charge in [-0.05, 0) is 79.3 Å². The SMILES string of the molecule is C[C@@H]1CCCN1CCc1ccc(-c2ccc(S(=O)(=O)NCc3ccc(F)cc3)cc2)cc1. The Morgan fingerprint density at radius 3 is 2.09 bits per heavy atom. The van der Waals surface area contributed by atoms with E-state index in [1.807, 2.05) is 12.1 Å². The molecule has 1 N–H and O–H groups in total. The Morgan fingerprint density at radius 1 is 0.906 bits per heavy atom. The van der Waals surface area contributed by atoms with Crippen LogP contribution in [0.5, 0.6) is 0 Å². The van der Waals surface area contributed by atoms with E-state index in [1.54, 1.807) is 24.3 Å². The summed E-state index contributed by atoms with van der Waals surface area (Å²) in [6.45, 7) is 4.71. The molecule has 1 fully saturated rings. The molecule has 1 atom stereocenters. The van der Waals surface area contributed by atoms with Crippen LogP contribution >= 0.6 is 0 Å². The second-order valence-electron chi connectivity index (χ2n) is 8.45.